The molecule has 17 heavy (non-hydrogen) atoms. The van der Waals surface area contributed by atoms with Crippen LogP contribution in [-0.2, 0) is 4.74 Å². The molecule has 1 aliphatic heterocycles. The highest BCUT2D eigenvalue weighted by Gasteiger charge is 2.24. The average Bonchev–Trinajstić information content (AvgIpc) is 2.77. The van der Waals surface area contributed by atoms with Crippen molar-refractivity contribution in [3.8, 4) is 0 Å². The minimum absolute atomic E-state index is 0.0404. The summed E-state index contributed by atoms with van der Waals surface area (Å²) >= 11 is 0. The molecule has 2 heterocycles. The summed E-state index contributed by atoms with van der Waals surface area (Å²) in [4.78, 5) is 16.6. The third kappa shape index (κ3) is 2.83. The van der Waals surface area contributed by atoms with Gasteiger partial charge in [0.2, 0.25) is 5.95 Å². The minimum Gasteiger partial charge on any atom is -0.453 e. The third-order valence-corrected chi connectivity index (χ3v) is 2.77. The topological polar surface area (TPSA) is 54.5 Å². The number of methoxy groups -OCH3 is 1. The third-order valence-electron chi connectivity index (χ3n) is 2.77. The summed E-state index contributed by atoms with van der Waals surface area (Å²) in [6, 6.07) is 3.18. The molecule has 0 aliphatic carbocycles. The maximum atomic E-state index is 13.0. The molecule has 2 rings (SSSR count). The van der Waals surface area contributed by atoms with E-state index in [2.05, 4.69) is 15.0 Å². The van der Waals surface area contributed by atoms with Crippen molar-refractivity contribution in [2.45, 2.75) is 12.5 Å². The maximum absolute atomic E-state index is 13.0. The van der Waals surface area contributed by atoms with E-state index in [0.29, 0.717) is 6.54 Å². The van der Waals surface area contributed by atoms with Crippen molar-refractivity contribution in [2.75, 3.05) is 25.1 Å². The molecular formula is C11H14FN3O2. The Morgan fingerprint density at radius 2 is 2.53 bits per heavy atom. The smallest absolute Gasteiger partial charge is 0.407 e. The summed E-state index contributed by atoms with van der Waals surface area (Å²) in [5, 5.41) is 2.73. The molecule has 0 radical (unpaired) electrons. The van der Waals surface area contributed by atoms with E-state index >= 15 is 0 Å². The van der Waals surface area contributed by atoms with Crippen molar-refractivity contribution in [1.82, 2.24) is 10.3 Å². The van der Waals surface area contributed by atoms with Gasteiger partial charge >= 0.3 is 6.09 Å². The predicted molar refractivity (Wildman–Crippen MR) is 60.4 cm³/mol. The summed E-state index contributed by atoms with van der Waals surface area (Å²) in [5.41, 5.74) is 0.784. The van der Waals surface area contributed by atoms with Crippen LogP contribution in [0.25, 0.3) is 0 Å². The Hall–Kier alpha value is -1.85. The van der Waals surface area contributed by atoms with Crippen LogP contribution in [-0.4, -0.2) is 37.3 Å². The second-order valence-electron chi connectivity index (χ2n) is 3.90. The molecule has 6 heteroatoms. The Morgan fingerprint density at radius 1 is 1.71 bits per heavy atom. The normalized spacial score (nSPS) is 19.2. The molecule has 1 N–H and O–H groups in total. The van der Waals surface area contributed by atoms with E-state index in [4.69, 9.17) is 0 Å². The molecule has 1 aliphatic rings. The van der Waals surface area contributed by atoms with Crippen molar-refractivity contribution in [3.63, 3.8) is 0 Å². The van der Waals surface area contributed by atoms with Gasteiger partial charge in [0.05, 0.1) is 13.2 Å². The number of amides is 1. The first-order chi connectivity index (χ1) is 8.19. The summed E-state index contributed by atoms with van der Waals surface area (Å²) in [6.07, 6.45) is 1.82. The van der Waals surface area contributed by atoms with E-state index in [1.54, 1.807) is 6.07 Å². The number of carbonyl (C=O) groups excluding carboxylic acids is 1. The number of hydrogen-bond acceptors (Lipinski definition) is 4. The Morgan fingerprint density at radius 3 is 3.24 bits per heavy atom. The summed E-state index contributed by atoms with van der Waals surface area (Å²) in [5.74, 6) is -0.494. The number of rotatable bonds is 2. The number of halogens is 1. The number of carbonyl (C=O) groups is 1. The second kappa shape index (κ2) is 4.99. The van der Waals surface area contributed by atoms with Crippen LogP contribution in [0, 0.1) is 5.95 Å². The lowest BCUT2D eigenvalue weighted by Crippen LogP contribution is -2.36. The first-order valence-electron chi connectivity index (χ1n) is 5.40. The van der Waals surface area contributed by atoms with Gasteiger partial charge in [-0.25, -0.2) is 9.78 Å². The average molecular weight is 239 g/mol. The largest absolute Gasteiger partial charge is 0.453 e. The lowest BCUT2D eigenvalue weighted by atomic mass is 10.3. The molecule has 1 aromatic rings. The zero-order valence-corrected chi connectivity index (χ0v) is 9.52. The Balaban J connectivity index is 1.96. The van der Waals surface area contributed by atoms with E-state index in [-0.39, 0.29) is 6.04 Å². The molecule has 0 bridgehead atoms. The lowest BCUT2D eigenvalue weighted by Gasteiger charge is -2.18. The molecular weight excluding hydrogens is 225 g/mol. The van der Waals surface area contributed by atoms with Gasteiger partial charge in [0.25, 0.3) is 0 Å². The van der Waals surface area contributed by atoms with Gasteiger partial charge in [-0.1, -0.05) is 0 Å². The molecule has 1 saturated heterocycles. The molecule has 0 saturated carbocycles. The number of aromatic nitrogens is 1. The monoisotopic (exact) mass is 239 g/mol. The van der Waals surface area contributed by atoms with E-state index in [9.17, 15) is 9.18 Å². The van der Waals surface area contributed by atoms with Crippen LogP contribution in [0.5, 0.6) is 0 Å². The molecule has 1 aromatic heterocycles. The summed E-state index contributed by atoms with van der Waals surface area (Å²) in [6.45, 7) is 1.43. The van der Waals surface area contributed by atoms with Crippen LogP contribution in [0.3, 0.4) is 0 Å². The number of anilines is 1. The van der Waals surface area contributed by atoms with E-state index in [1.807, 2.05) is 4.90 Å². The summed E-state index contributed by atoms with van der Waals surface area (Å²) in [7, 11) is 1.33. The van der Waals surface area contributed by atoms with Gasteiger partial charge in [-0.2, -0.15) is 4.39 Å². The maximum Gasteiger partial charge on any atom is 0.407 e. The van der Waals surface area contributed by atoms with Gasteiger partial charge in [0.15, 0.2) is 0 Å². The fourth-order valence-corrected chi connectivity index (χ4v) is 1.93. The molecule has 92 valence electrons. The van der Waals surface area contributed by atoms with E-state index in [0.717, 1.165) is 18.7 Å². The zero-order chi connectivity index (χ0) is 12.3. The first-order valence-corrected chi connectivity index (χ1v) is 5.40. The quantitative estimate of drug-likeness (QED) is 0.787. The second-order valence-corrected chi connectivity index (χ2v) is 3.90. The van der Waals surface area contributed by atoms with Gasteiger partial charge in [-0.3, -0.25) is 0 Å². The number of nitrogens with zero attached hydrogens (tertiary/aromatic N) is 2. The lowest BCUT2D eigenvalue weighted by molar-refractivity contribution is 0.167. The van der Waals surface area contributed by atoms with Crippen LogP contribution < -0.4 is 10.2 Å². The Bertz CT molecular complexity index is 413. The van der Waals surface area contributed by atoms with E-state index in [1.165, 1.54) is 19.4 Å². The molecule has 1 unspecified atom stereocenters. The van der Waals surface area contributed by atoms with Crippen LogP contribution in [0.2, 0.25) is 0 Å². The number of ether oxygens (including phenoxy) is 1. The summed E-state index contributed by atoms with van der Waals surface area (Å²) < 4.78 is 17.5. The highest BCUT2D eigenvalue weighted by molar-refractivity contribution is 5.67. The fraction of sp³-hybridized carbons (Fsp3) is 0.455. The zero-order valence-electron chi connectivity index (χ0n) is 9.52. The van der Waals surface area contributed by atoms with Crippen molar-refractivity contribution in [1.29, 1.82) is 0 Å². The van der Waals surface area contributed by atoms with Crippen LogP contribution in [0.4, 0.5) is 14.9 Å². The molecule has 1 fully saturated rings. The number of hydrogen-bond donors (Lipinski definition) is 1. The van der Waals surface area contributed by atoms with Gasteiger partial charge in [-0.15, -0.1) is 0 Å². The number of nitrogens with one attached hydrogen (secondary N) is 1. The van der Waals surface area contributed by atoms with Gasteiger partial charge in [-0.05, 0) is 12.5 Å². The van der Waals surface area contributed by atoms with Crippen LogP contribution in [0.1, 0.15) is 6.42 Å². The number of alkyl carbamates (subject to hydrolysis) is 1. The van der Waals surface area contributed by atoms with Crippen LogP contribution >= 0.6 is 0 Å². The Labute approximate surface area is 98.6 Å². The fourth-order valence-electron chi connectivity index (χ4n) is 1.93. The van der Waals surface area contributed by atoms with Crippen molar-refractivity contribution in [3.05, 3.63) is 24.3 Å². The van der Waals surface area contributed by atoms with E-state index < -0.39 is 12.0 Å². The molecule has 1 amide bonds. The van der Waals surface area contributed by atoms with Crippen molar-refractivity contribution < 1.29 is 13.9 Å². The minimum atomic E-state index is -0.494. The van der Waals surface area contributed by atoms with Crippen molar-refractivity contribution in [2.24, 2.45) is 0 Å². The predicted octanol–water partition coefficient (Wildman–Crippen LogP) is 1.16. The molecule has 5 nitrogen and oxygen atoms in total. The highest BCUT2D eigenvalue weighted by Crippen LogP contribution is 2.20. The van der Waals surface area contributed by atoms with Crippen LogP contribution in [0.15, 0.2) is 18.3 Å². The molecule has 0 spiro atoms. The van der Waals surface area contributed by atoms with Gasteiger partial charge in [0.1, 0.15) is 0 Å². The highest BCUT2D eigenvalue weighted by atomic mass is 19.1. The first kappa shape index (κ1) is 11.6. The SMILES string of the molecule is COC(=O)NC1CCN(c2ccnc(F)c2)C1. The Kier molecular flexibility index (Phi) is 3.41. The van der Waals surface area contributed by atoms with Gasteiger partial charge < -0.3 is 15.0 Å². The van der Waals surface area contributed by atoms with Crippen molar-refractivity contribution >= 4 is 11.8 Å². The molecule has 1 atom stereocenters. The number of pyridine rings is 1. The molecule has 0 aromatic carbocycles. The van der Waals surface area contributed by atoms with Gasteiger partial charge in [0, 0.05) is 31.0 Å². The standard InChI is InChI=1S/C11H14FN3O2/c1-17-11(16)14-8-3-5-15(7-8)9-2-4-13-10(12)6-9/h2,4,6,8H,3,5,7H2,1H3,(H,14,16).